The molecule has 1 N–H and O–H groups in total. The van der Waals surface area contributed by atoms with Crippen LogP contribution in [-0.2, 0) is 0 Å². The normalized spacial score (nSPS) is 11.6. The maximum Gasteiger partial charge on any atom is 0.252 e. The van der Waals surface area contributed by atoms with Gasteiger partial charge in [-0.3, -0.25) is 4.79 Å². The zero-order valence-corrected chi connectivity index (χ0v) is 16.2. The standard InChI is InChI=1S/C21H26FNO4/c1-5-25-18-12-16(13-19(26-6-2)20(18)27-7-3)21(24)23-14(4)15-8-10-17(22)11-9-15/h8-14H,5-7H2,1-4H3,(H,23,24)/t14-/m1/s1. The Kier molecular flexibility index (Phi) is 7.46. The fraction of sp³-hybridized carbons (Fsp3) is 0.381. The van der Waals surface area contributed by atoms with Crippen molar-refractivity contribution >= 4 is 5.91 Å². The van der Waals surface area contributed by atoms with Crippen LogP contribution in [0.3, 0.4) is 0 Å². The number of halogens is 1. The highest BCUT2D eigenvalue weighted by Gasteiger charge is 2.19. The van der Waals surface area contributed by atoms with Gasteiger partial charge in [-0.15, -0.1) is 0 Å². The Balaban J connectivity index is 2.29. The Morgan fingerprint density at radius 3 is 1.96 bits per heavy atom. The van der Waals surface area contributed by atoms with Gasteiger partial charge in [-0.2, -0.15) is 0 Å². The number of carbonyl (C=O) groups is 1. The largest absolute Gasteiger partial charge is 0.490 e. The molecule has 6 heteroatoms. The second-order valence-corrected chi connectivity index (χ2v) is 5.85. The lowest BCUT2D eigenvalue weighted by molar-refractivity contribution is 0.0938. The number of hydrogen-bond acceptors (Lipinski definition) is 4. The topological polar surface area (TPSA) is 56.8 Å². The van der Waals surface area contributed by atoms with E-state index in [1.165, 1.54) is 12.1 Å². The lowest BCUT2D eigenvalue weighted by Gasteiger charge is -2.18. The maximum absolute atomic E-state index is 13.1. The van der Waals surface area contributed by atoms with Gasteiger partial charge >= 0.3 is 0 Å². The van der Waals surface area contributed by atoms with Crippen LogP contribution in [0.1, 0.15) is 49.7 Å². The molecule has 0 fully saturated rings. The summed E-state index contributed by atoms with van der Waals surface area (Å²) in [7, 11) is 0. The molecule has 2 rings (SSSR count). The van der Waals surface area contributed by atoms with E-state index in [2.05, 4.69) is 5.32 Å². The van der Waals surface area contributed by atoms with Crippen LogP contribution in [0.4, 0.5) is 4.39 Å². The van der Waals surface area contributed by atoms with Crippen LogP contribution in [0.15, 0.2) is 36.4 Å². The molecule has 146 valence electrons. The van der Waals surface area contributed by atoms with Gasteiger partial charge in [-0.25, -0.2) is 4.39 Å². The van der Waals surface area contributed by atoms with Crippen molar-refractivity contribution in [1.29, 1.82) is 0 Å². The van der Waals surface area contributed by atoms with Gasteiger partial charge in [0.05, 0.1) is 25.9 Å². The number of amides is 1. The first kappa shape index (κ1) is 20.6. The Morgan fingerprint density at radius 1 is 0.963 bits per heavy atom. The third-order valence-electron chi connectivity index (χ3n) is 3.89. The third-order valence-corrected chi connectivity index (χ3v) is 3.89. The Bertz CT molecular complexity index is 734. The molecule has 0 radical (unpaired) electrons. The zero-order chi connectivity index (χ0) is 19.8. The summed E-state index contributed by atoms with van der Waals surface area (Å²) in [5.74, 6) is 0.822. The zero-order valence-electron chi connectivity index (χ0n) is 16.2. The van der Waals surface area contributed by atoms with E-state index in [0.29, 0.717) is 42.6 Å². The lowest BCUT2D eigenvalue weighted by Crippen LogP contribution is -2.26. The molecule has 5 nitrogen and oxygen atoms in total. The number of rotatable bonds is 9. The van der Waals surface area contributed by atoms with Crippen LogP contribution >= 0.6 is 0 Å². The van der Waals surface area contributed by atoms with E-state index >= 15 is 0 Å². The molecule has 0 unspecified atom stereocenters. The van der Waals surface area contributed by atoms with Crippen LogP contribution in [0.2, 0.25) is 0 Å². The number of carbonyl (C=O) groups excluding carboxylic acids is 1. The molecule has 0 aliphatic rings. The van der Waals surface area contributed by atoms with Crippen molar-refractivity contribution in [1.82, 2.24) is 5.32 Å². The predicted octanol–water partition coefficient (Wildman–Crippen LogP) is 4.51. The summed E-state index contributed by atoms with van der Waals surface area (Å²) in [6, 6.07) is 9.04. The minimum absolute atomic E-state index is 0.281. The van der Waals surface area contributed by atoms with Crippen molar-refractivity contribution < 1.29 is 23.4 Å². The van der Waals surface area contributed by atoms with E-state index < -0.39 is 0 Å². The SMILES string of the molecule is CCOc1cc(C(=O)N[C@H](C)c2ccc(F)cc2)cc(OCC)c1OCC. The minimum atomic E-state index is -0.313. The molecule has 0 spiro atoms. The van der Waals surface area contributed by atoms with Gasteiger partial charge in [0.25, 0.3) is 5.91 Å². The minimum Gasteiger partial charge on any atom is -0.490 e. The van der Waals surface area contributed by atoms with Crippen molar-refractivity contribution in [2.24, 2.45) is 0 Å². The van der Waals surface area contributed by atoms with Crippen molar-refractivity contribution in [3.05, 3.63) is 53.3 Å². The number of nitrogens with one attached hydrogen (secondary N) is 1. The first-order valence-corrected chi connectivity index (χ1v) is 9.12. The van der Waals surface area contributed by atoms with Crippen molar-refractivity contribution in [2.75, 3.05) is 19.8 Å². The van der Waals surface area contributed by atoms with Crippen LogP contribution < -0.4 is 19.5 Å². The maximum atomic E-state index is 13.1. The number of benzene rings is 2. The molecule has 1 amide bonds. The molecule has 0 aromatic heterocycles. The Hall–Kier alpha value is -2.76. The van der Waals surface area contributed by atoms with Crippen molar-refractivity contribution in [3.63, 3.8) is 0 Å². The summed E-state index contributed by atoms with van der Waals surface area (Å²) < 4.78 is 30.0. The summed E-state index contributed by atoms with van der Waals surface area (Å²) in [5, 5.41) is 2.91. The molecular formula is C21H26FNO4. The molecule has 0 saturated heterocycles. The molecule has 0 aliphatic heterocycles. The first-order valence-electron chi connectivity index (χ1n) is 9.12. The highest BCUT2D eigenvalue weighted by Crippen LogP contribution is 2.39. The lowest BCUT2D eigenvalue weighted by atomic mass is 10.1. The number of ether oxygens (including phenoxy) is 3. The Morgan fingerprint density at radius 2 is 1.48 bits per heavy atom. The molecule has 27 heavy (non-hydrogen) atoms. The summed E-state index contributed by atoms with van der Waals surface area (Å²) >= 11 is 0. The first-order chi connectivity index (χ1) is 13.0. The molecule has 0 aliphatic carbocycles. The fourth-order valence-corrected chi connectivity index (χ4v) is 2.63. The molecule has 1 atom stereocenters. The highest BCUT2D eigenvalue weighted by molar-refractivity contribution is 5.95. The summed E-state index contributed by atoms with van der Waals surface area (Å²) in [4.78, 5) is 12.7. The second-order valence-electron chi connectivity index (χ2n) is 5.85. The van der Waals surface area contributed by atoms with Gasteiger partial charge in [0.2, 0.25) is 5.75 Å². The van der Waals surface area contributed by atoms with E-state index in [4.69, 9.17) is 14.2 Å². The molecule has 2 aromatic rings. The fourth-order valence-electron chi connectivity index (χ4n) is 2.63. The van der Waals surface area contributed by atoms with E-state index in [1.807, 2.05) is 27.7 Å². The monoisotopic (exact) mass is 375 g/mol. The van der Waals surface area contributed by atoms with E-state index in [-0.39, 0.29) is 17.8 Å². The molecule has 0 heterocycles. The summed E-state index contributed by atoms with van der Waals surface area (Å²) in [5.41, 5.74) is 1.21. The van der Waals surface area contributed by atoms with E-state index in [0.717, 1.165) is 5.56 Å². The Labute approximate surface area is 159 Å². The van der Waals surface area contributed by atoms with Crippen LogP contribution in [-0.4, -0.2) is 25.7 Å². The van der Waals surface area contributed by atoms with Gasteiger partial charge < -0.3 is 19.5 Å². The van der Waals surface area contributed by atoms with Crippen LogP contribution in [0.25, 0.3) is 0 Å². The smallest absolute Gasteiger partial charge is 0.252 e. The molecular weight excluding hydrogens is 349 g/mol. The van der Waals surface area contributed by atoms with Gasteiger partial charge in [-0.05, 0) is 57.5 Å². The van der Waals surface area contributed by atoms with Crippen molar-refractivity contribution in [3.8, 4) is 17.2 Å². The van der Waals surface area contributed by atoms with Gasteiger partial charge in [0.15, 0.2) is 11.5 Å². The third kappa shape index (κ3) is 5.36. The molecule has 0 bridgehead atoms. The van der Waals surface area contributed by atoms with E-state index in [9.17, 15) is 9.18 Å². The molecule has 0 saturated carbocycles. The average Bonchev–Trinajstić information content (AvgIpc) is 2.65. The van der Waals surface area contributed by atoms with Crippen LogP contribution in [0, 0.1) is 5.82 Å². The quantitative estimate of drug-likeness (QED) is 0.700. The van der Waals surface area contributed by atoms with Gasteiger partial charge in [0, 0.05) is 5.56 Å². The van der Waals surface area contributed by atoms with Gasteiger partial charge in [-0.1, -0.05) is 12.1 Å². The van der Waals surface area contributed by atoms with Crippen molar-refractivity contribution in [2.45, 2.75) is 33.7 Å². The number of hydrogen-bond donors (Lipinski definition) is 1. The van der Waals surface area contributed by atoms with Gasteiger partial charge in [0.1, 0.15) is 5.82 Å². The second kappa shape index (κ2) is 9.80. The summed E-state index contributed by atoms with van der Waals surface area (Å²) in [6.45, 7) is 8.75. The average molecular weight is 375 g/mol. The molecule has 2 aromatic carbocycles. The predicted molar refractivity (Wildman–Crippen MR) is 102 cm³/mol. The van der Waals surface area contributed by atoms with E-state index in [1.54, 1.807) is 24.3 Å². The summed E-state index contributed by atoms with van der Waals surface area (Å²) in [6.07, 6.45) is 0. The van der Waals surface area contributed by atoms with Crippen LogP contribution in [0.5, 0.6) is 17.2 Å². The highest BCUT2D eigenvalue weighted by atomic mass is 19.1.